The second kappa shape index (κ2) is 5.74. The second-order valence-corrected chi connectivity index (χ2v) is 5.84. The van der Waals surface area contributed by atoms with Crippen LogP contribution >= 0.6 is 0 Å². The minimum Gasteiger partial charge on any atom is -0.476 e. The van der Waals surface area contributed by atoms with Crippen LogP contribution in [0.4, 0.5) is 0 Å². The summed E-state index contributed by atoms with van der Waals surface area (Å²) in [6.45, 7) is 4.39. The van der Waals surface area contributed by atoms with Gasteiger partial charge in [-0.2, -0.15) is 4.98 Å². The van der Waals surface area contributed by atoms with Crippen molar-refractivity contribution in [3.05, 3.63) is 22.2 Å². The molecule has 5 heteroatoms. The Kier molecular flexibility index (Phi) is 4.24. The van der Waals surface area contributed by atoms with Gasteiger partial charge in [0.1, 0.15) is 12.4 Å². The van der Waals surface area contributed by atoms with Crippen molar-refractivity contribution in [1.29, 1.82) is 0 Å². The molecule has 19 heavy (non-hydrogen) atoms. The summed E-state index contributed by atoms with van der Waals surface area (Å²) in [5.41, 5.74) is 5.86. The van der Waals surface area contributed by atoms with Crippen LogP contribution < -0.4 is 16.0 Å². The molecule has 106 valence electrons. The van der Waals surface area contributed by atoms with Crippen molar-refractivity contribution in [3.8, 4) is 5.88 Å². The van der Waals surface area contributed by atoms with Crippen molar-refractivity contribution >= 4 is 0 Å². The van der Waals surface area contributed by atoms with E-state index in [9.17, 15) is 4.79 Å². The van der Waals surface area contributed by atoms with Gasteiger partial charge < -0.3 is 15.5 Å². The Hall–Kier alpha value is -1.36. The highest BCUT2D eigenvalue weighted by Crippen LogP contribution is 2.26. The summed E-state index contributed by atoms with van der Waals surface area (Å²) in [5.74, 6) is 1.19. The molecule has 0 aromatic carbocycles. The van der Waals surface area contributed by atoms with E-state index in [1.165, 1.54) is 12.5 Å². The van der Waals surface area contributed by atoms with Gasteiger partial charge >= 0.3 is 0 Å². The molecule has 0 aliphatic heterocycles. The third-order valence-corrected chi connectivity index (χ3v) is 3.64. The molecule has 1 saturated carbocycles. The third kappa shape index (κ3) is 3.80. The number of ether oxygens (including phenoxy) is 1. The van der Waals surface area contributed by atoms with Crippen LogP contribution in [0.15, 0.2) is 10.9 Å². The molecule has 1 aromatic heterocycles. The van der Waals surface area contributed by atoms with E-state index in [-0.39, 0.29) is 17.0 Å². The standard InChI is InChI=1S/C14H23N3O2/c1-10(2)13-16-11(18)8-12(17-13)19-9-14(15)6-4-3-5-7-14/h8,10H,3-7,9,15H2,1-2H3,(H,16,17,18). The van der Waals surface area contributed by atoms with E-state index in [4.69, 9.17) is 10.5 Å². The summed E-state index contributed by atoms with van der Waals surface area (Å²) in [7, 11) is 0. The number of nitrogens with one attached hydrogen (secondary N) is 1. The third-order valence-electron chi connectivity index (χ3n) is 3.64. The fourth-order valence-electron chi connectivity index (χ4n) is 2.42. The minimum atomic E-state index is -0.263. The predicted molar refractivity (Wildman–Crippen MR) is 74.4 cm³/mol. The topological polar surface area (TPSA) is 81.0 Å². The molecule has 5 nitrogen and oxygen atoms in total. The second-order valence-electron chi connectivity index (χ2n) is 5.84. The van der Waals surface area contributed by atoms with Gasteiger partial charge in [0.15, 0.2) is 0 Å². The summed E-state index contributed by atoms with van der Waals surface area (Å²) in [5, 5.41) is 0. The van der Waals surface area contributed by atoms with Crippen molar-refractivity contribution in [3.63, 3.8) is 0 Å². The largest absolute Gasteiger partial charge is 0.476 e. The quantitative estimate of drug-likeness (QED) is 0.871. The van der Waals surface area contributed by atoms with E-state index >= 15 is 0 Å². The maximum Gasteiger partial charge on any atom is 0.254 e. The molecule has 0 saturated heterocycles. The zero-order valence-corrected chi connectivity index (χ0v) is 11.7. The molecule has 0 unspecified atom stereocenters. The highest BCUT2D eigenvalue weighted by Gasteiger charge is 2.28. The highest BCUT2D eigenvalue weighted by atomic mass is 16.5. The van der Waals surface area contributed by atoms with E-state index in [1.807, 2.05) is 13.8 Å². The summed E-state index contributed by atoms with van der Waals surface area (Å²) in [6, 6.07) is 1.39. The highest BCUT2D eigenvalue weighted by molar-refractivity contribution is 5.11. The fraction of sp³-hybridized carbons (Fsp3) is 0.714. The number of H-pyrrole nitrogens is 1. The van der Waals surface area contributed by atoms with Gasteiger partial charge in [0.2, 0.25) is 5.88 Å². The summed E-state index contributed by atoms with van der Waals surface area (Å²) in [6.07, 6.45) is 5.51. The average molecular weight is 265 g/mol. The van der Waals surface area contributed by atoms with Crippen molar-refractivity contribution in [1.82, 2.24) is 9.97 Å². The Morgan fingerprint density at radius 3 is 2.74 bits per heavy atom. The molecule has 0 amide bonds. The van der Waals surface area contributed by atoms with E-state index in [0.29, 0.717) is 18.3 Å². The van der Waals surface area contributed by atoms with Crippen LogP contribution in [-0.2, 0) is 0 Å². The lowest BCUT2D eigenvalue weighted by atomic mass is 9.83. The number of aromatic amines is 1. The fourth-order valence-corrected chi connectivity index (χ4v) is 2.42. The lowest BCUT2D eigenvalue weighted by molar-refractivity contribution is 0.168. The normalized spacial score (nSPS) is 18.5. The van der Waals surface area contributed by atoms with Gasteiger partial charge in [-0.1, -0.05) is 33.1 Å². The van der Waals surface area contributed by atoms with E-state index in [2.05, 4.69) is 9.97 Å². The number of rotatable bonds is 4. The molecular formula is C14H23N3O2. The first-order valence-electron chi connectivity index (χ1n) is 7.01. The van der Waals surface area contributed by atoms with Crippen LogP contribution in [0, 0.1) is 0 Å². The van der Waals surface area contributed by atoms with Gasteiger partial charge in [0.25, 0.3) is 5.56 Å². The van der Waals surface area contributed by atoms with E-state index in [1.54, 1.807) is 0 Å². The Balaban J connectivity index is 2.04. The van der Waals surface area contributed by atoms with E-state index in [0.717, 1.165) is 25.7 Å². The first-order chi connectivity index (χ1) is 8.98. The number of nitrogens with zero attached hydrogens (tertiary/aromatic N) is 1. The number of aromatic nitrogens is 2. The number of hydrogen-bond acceptors (Lipinski definition) is 4. The van der Waals surface area contributed by atoms with Gasteiger partial charge in [0.05, 0.1) is 11.6 Å². The van der Waals surface area contributed by atoms with Crippen LogP contribution in [0.2, 0.25) is 0 Å². The zero-order chi connectivity index (χ0) is 13.9. The smallest absolute Gasteiger partial charge is 0.254 e. The Bertz CT molecular complexity index is 476. The Morgan fingerprint density at radius 1 is 1.42 bits per heavy atom. The first-order valence-corrected chi connectivity index (χ1v) is 7.01. The van der Waals surface area contributed by atoms with Crippen molar-refractivity contribution in [2.75, 3.05) is 6.61 Å². The van der Waals surface area contributed by atoms with Gasteiger partial charge in [-0.05, 0) is 12.8 Å². The lowest BCUT2D eigenvalue weighted by Gasteiger charge is -2.32. The van der Waals surface area contributed by atoms with Gasteiger partial charge in [-0.3, -0.25) is 4.79 Å². The monoisotopic (exact) mass is 265 g/mol. The predicted octanol–water partition coefficient (Wildman–Crippen LogP) is 1.93. The van der Waals surface area contributed by atoms with E-state index < -0.39 is 0 Å². The lowest BCUT2D eigenvalue weighted by Crippen LogP contribution is -2.47. The molecule has 1 aromatic rings. The van der Waals surface area contributed by atoms with Gasteiger partial charge in [-0.25, -0.2) is 0 Å². The molecule has 1 fully saturated rings. The minimum absolute atomic E-state index is 0.165. The van der Waals surface area contributed by atoms with Crippen LogP contribution in [-0.4, -0.2) is 22.1 Å². The molecular weight excluding hydrogens is 242 g/mol. The maximum atomic E-state index is 11.5. The molecule has 3 N–H and O–H groups in total. The molecule has 0 atom stereocenters. The van der Waals surface area contributed by atoms with Crippen LogP contribution in [0.25, 0.3) is 0 Å². The summed E-state index contributed by atoms with van der Waals surface area (Å²) >= 11 is 0. The van der Waals surface area contributed by atoms with Crippen LogP contribution in [0.3, 0.4) is 0 Å². The van der Waals surface area contributed by atoms with Gasteiger partial charge in [-0.15, -0.1) is 0 Å². The summed E-state index contributed by atoms with van der Waals surface area (Å²) < 4.78 is 5.66. The SMILES string of the molecule is CC(C)c1nc(OCC2(N)CCCCC2)cc(=O)[nH]1. The van der Waals surface area contributed by atoms with Gasteiger partial charge in [0, 0.05) is 5.92 Å². The molecule has 1 aliphatic carbocycles. The molecule has 1 heterocycles. The number of nitrogens with two attached hydrogens (primary N) is 1. The number of hydrogen-bond donors (Lipinski definition) is 2. The van der Waals surface area contributed by atoms with Crippen molar-refractivity contribution in [2.24, 2.45) is 5.73 Å². The maximum absolute atomic E-state index is 11.5. The van der Waals surface area contributed by atoms with Crippen LogP contribution in [0.1, 0.15) is 57.7 Å². The first kappa shape index (κ1) is 14.1. The van der Waals surface area contributed by atoms with Crippen LogP contribution in [0.5, 0.6) is 5.88 Å². The average Bonchev–Trinajstić information content (AvgIpc) is 2.37. The summed E-state index contributed by atoms with van der Waals surface area (Å²) in [4.78, 5) is 18.6. The molecule has 2 rings (SSSR count). The van der Waals surface area contributed by atoms with Crippen molar-refractivity contribution in [2.45, 2.75) is 57.4 Å². The molecule has 0 spiro atoms. The molecule has 0 radical (unpaired) electrons. The zero-order valence-electron chi connectivity index (χ0n) is 11.7. The Labute approximate surface area is 113 Å². The molecule has 1 aliphatic rings. The molecule has 0 bridgehead atoms. The van der Waals surface area contributed by atoms with Crippen molar-refractivity contribution < 1.29 is 4.74 Å². The Morgan fingerprint density at radius 2 is 2.11 bits per heavy atom.